The van der Waals surface area contributed by atoms with E-state index in [0.717, 1.165) is 25.2 Å². The summed E-state index contributed by atoms with van der Waals surface area (Å²) in [7, 11) is 0. The quantitative estimate of drug-likeness (QED) is 0.129. The third-order valence-corrected chi connectivity index (χ3v) is 5.90. The van der Waals surface area contributed by atoms with Gasteiger partial charge in [0.15, 0.2) is 0 Å². The summed E-state index contributed by atoms with van der Waals surface area (Å²) in [6, 6.07) is 11.0. The van der Waals surface area contributed by atoms with E-state index < -0.39 is 5.97 Å². The predicted molar refractivity (Wildman–Crippen MR) is 136 cm³/mol. The number of ether oxygens (including phenoxy) is 2. The summed E-state index contributed by atoms with van der Waals surface area (Å²) in [5.74, 6) is 0.871. The van der Waals surface area contributed by atoms with E-state index in [1.165, 1.54) is 82.6 Å². The molecule has 0 aliphatic rings. The molecule has 0 saturated heterocycles. The highest BCUT2D eigenvalue weighted by atomic mass is 16.5. The first-order chi connectivity index (χ1) is 16.2. The Labute approximate surface area is 201 Å². The first-order valence-electron chi connectivity index (χ1n) is 13.1. The van der Waals surface area contributed by atoms with Crippen LogP contribution in [0.2, 0.25) is 0 Å². The number of aryl methyl sites for hydroxylation is 1. The van der Waals surface area contributed by atoms with Gasteiger partial charge in [-0.1, -0.05) is 90.5 Å². The van der Waals surface area contributed by atoms with Crippen molar-refractivity contribution in [3.8, 4) is 11.5 Å². The first kappa shape index (κ1) is 26.9. The van der Waals surface area contributed by atoms with Crippen LogP contribution < -0.4 is 9.47 Å². The summed E-state index contributed by atoms with van der Waals surface area (Å²) in [4.78, 5) is 16.7. The molecule has 4 heteroatoms. The summed E-state index contributed by atoms with van der Waals surface area (Å²) in [5.41, 5.74) is 1.51. The van der Waals surface area contributed by atoms with Crippen molar-refractivity contribution in [2.45, 2.75) is 104 Å². The molecule has 1 aromatic carbocycles. The van der Waals surface area contributed by atoms with Crippen molar-refractivity contribution >= 4 is 5.97 Å². The molecule has 0 unspecified atom stereocenters. The van der Waals surface area contributed by atoms with Crippen LogP contribution in [-0.4, -0.2) is 17.6 Å². The fourth-order valence-corrected chi connectivity index (χ4v) is 3.81. The molecular formula is C29H43NO3. The number of benzene rings is 1. The normalized spacial score (nSPS) is 10.8. The fourth-order valence-electron chi connectivity index (χ4n) is 3.81. The van der Waals surface area contributed by atoms with Crippen molar-refractivity contribution in [2.24, 2.45) is 0 Å². The van der Waals surface area contributed by atoms with Crippen LogP contribution >= 0.6 is 0 Å². The van der Waals surface area contributed by atoms with Crippen LogP contribution in [0.25, 0.3) is 0 Å². The topological polar surface area (TPSA) is 48.4 Å². The van der Waals surface area contributed by atoms with Gasteiger partial charge in [0, 0.05) is 6.20 Å². The predicted octanol–water partition coefficient (Wildman–Crippen LogP) is 8.33. The van der Waals surface area contributed by atoms with Gasteiger partial charge in [0.1, 0.15) is 17.2 Å². The molecule has 2 rings (SSSR count). The smallest absolute Gasteiger partial charge is 0.362 e. The van der Waals surface area contributed by atoms with E-state index in [4.69, 9.17) is 9.47 Å². The molecule has 182 valence electrons. The average molecular weight is 454 g/mol. The molecule has 2 aromatic rings. The van der Waals surface area contributed by atoms with E-state index in [2.05, 4.69) is 18.8 Å². The highest BCUT2D eigenvalue weighted by molar-refractivity contribution is 5.88. The minimum absolute atomic E-state index is 0.335. The van der Waals surface area contributed by atoms with Crippen molar-refractivity contribution in [3.05, 3.63) is 53.9 Å². The van der Waals surface area contributed by atoms with Crippen molar-refractivity contribution in [2.75, 3.05) is 6.61 Å². The Bertz CT molecular complexity index is 755. The standard InChI is InChI=1S/C29H43NO3/c1-3-5-7-9-11-12-14-16-25-17-22-28(30-24-25)29(31)33-27-20-18-26(19-21-27)32-23-15-13-10-8-6-4-2/h17-22,24H,3-16,23H2,1-2H3. The van der Waals surface area contributed by atoms with E-state index >= 15 is 0 Å². The van der Waals surface area contributed by atoms with Gasteiger partial charge in [0.05, 0.1) is 6.61 Å². The molecule has 0 saturated carbocycles. The van der Waals surface area contributed by atoms with Crippen LogP contribution in [0.1, 0.15) is 113 Å². The maximum atomic E-state index is 12.4. The van der Waals surface area contributed by atoms with Crippen molar-refractivity contribution in [1.82, 2.24) is 4.98 Å². The summed E-state index contributed by atoms with van der Waals surface area (Å²) < 4.78 is 11.2. The van der Waals surface area contributed by atoms with E-state index in [0.29, 0.717) is 11.4 Å². The average Bonchev–Trinajstić information content (AvgIpc) is 2.84. The molecule has 1 heterocycles. The van der Waals surface area contributed by atoms with Gasteiger partial charge in [0.2, 0.25) is 0 Å². The molecule has 4 nitrogen and oxygen atoms in total. The Hall–Kier alpha value is -2.36. The Balaban J connectivity index is 1.65. The van der Waals surface area contributed by atoms with Gasteiger partial charge in [-0.15, -0.1) is 0 Å². The molecule has 0 spiro atoms. The van der Waals surface area contributed by atoms with Gasteiger partial charge >= 0.3 is 5.97 Å². The maximum Gasteiger partial charge on any atom is 0.362 e. The van der Waals surface area contributed by atoms with Crippen LogP contribution in [0.5, 0.6) is 11.5 Å². The van der Waals surface area contributed by atoms with Gasteiger partial charge in [-0.05, 0) is 55.2 Å². The third-order valence-electron chi connectivity index (χ3n) is 5.90. The number of carbonyl (C=O) groups is 1. The number of nitrogens with zero attached hydrogens (tertiary/aromatic N) is 1. The minimum atomic E-state index is -0.432. The first-order valence-corrected chi connectivity index (χ1v) is 13.1. The lowest BCUT2D eigenvalue weighted by atomic mass is 10.1. The second kappa shape index (κ2) is 17.2. The number of hydrogen-bond acceptors (Lipinski definition) is 4. The zero-order valence-electron chi connectivity index (χ0n) is 20.8. The highest BCUT2D eigenvalue weighted by Gasteiger charge is 2.10. The second-order valence-electron chi connectivity index (χ2n) is 8.90. The van der Waals surface area contributed by atoms with Crippen molar-refractivity contribution in [1.29, 1.82) is 0 Å². The minimum Gasteiger partial charge on any atom is -0.494 e. The fraction of sp³-hybridized carbons (Fsp3) is 0.586. The molecule has 0 amide bonds. The summed E-state index contributed by atoms with van der Waals surface area (Å²) in [6.45, 7) is 5.20. The van der Waals surface area contributed by atoms with Gasteiger partial charge in [0.25, 0.3) is 0 Å². The molecule has 0 bridgehead atoms. The van der Waals surface area contributed by atoms with E-state index in [1.807, 2.05) is 18.2 Å². The van der Waals surface area contributed by atoms with Gasteiger partial charge in [-0.3, -0.25) is 0 Å². The molecular weight excluding hydrogens is 410 g/mol. The monoisotopic (exact) mass is 453 g/mol. The van der Waals surface area contributed by atoms with Crippen LogP contribution in [0.3, 0.4) is 0 Å². The molecule has 0 N–H and O–H groups in total. The van der Waals surface area contributed by atoms with Crippen LogP contribution in [0.15, 0.2) is 42.6 Å². The zero-order valence-corrected chi connectivity index (χ0v) is 20.8. The Morgan fingerprint density at radius 3 is 1.88 bits per heavy atom. The molecule has 0 aliphatic carbocycles. The lowest BCUT2D eigenvalue weighted by Crippen LogP contribution is -2.10. The van der Waals surface area contributed by atoms with Gasteiger partial charge in [-0.2, -0.15) is 0 Å². The zero-order chi connectivity index (χ0) is 23.6. The van der Waals surface area contributed by atoms with E-state index in [1.54, 1.807) is 24.4 Å². The molecule has 0 atom stereocenters. The summed E-state index contributed by atoms with van der Waals surface area (Å²) in [6.07, 6.45) is 19.3. The number of aromatic nitrogens is 1. The van der Waals surface area contributed by atoms with E-state index in [9.17, 15) is 4.79 Å². The maximum absolute atomic E-state index is 12.4. The Kier molecular flexibility index (Phi) is 14.0. The number of carbonyl (C=O) groups excluding carboxylic acids is 1. The largest absolute Gasteiger partial charge is 0.494 e. The second-order valence-corrected chi connectivity index (χ2v) is 8.90. The highest BCUT2D eigenvalue weighted by Crippen LogP contribution is 2.19. The molecule has 0 aliphatic heterocycles. The van der Waals surface area contributed by atoms with Crippen LogP contribution in [0.4, 0.5) is 0 Å². The summed E-state index contributed by atoms with van der Waals surface area (Å²) >= 11 is 0. The Morgan fingerprint density at radius 2 is 1.27 bits per heavy atom. The lowest BCUT2D eigenvalue weighted by Gasteiger charge is -2.08. The van der Waals surface area contributed by atoms with Gasteiger partial charge in [-0.25, -0.2) is 9.78 Å². The van der Waals surface area contributed by atoms with Crippen molar-refractivity contribution in [3.63, 3.8) is 0 Å². The molecule has 33 heavy (non-hydrogen) atoms. The molecule has 1 aromatic heterocycles. The summed E-state index contributed by atoms with van der Waals surface area (Å²) in [5, 5.41) is 0. The van der Waals surface area contributed by atoms with Crippen molar-refractivity contribution < 1.29 is 14.3 Å². The number of unbranched alkanes of at least 4 members (excludes halogenated alkanes) is 11. The third kappa shape index (κ3) is 11.9. The lowest BCUT2D eigenvalue weighted by molar-refractivity contribution is 0.0728. The van der Waals surface area contributed by atoms with E-state index in [-0.39, 0.29) is 0 Å². The SMILES string of the molecule is CCCCCCCCCc1ccc(C(=O)Oc2ccc(OCCCCCCCC)cc2)nc1. The molecule has 0 radical (unpaired) electrons. The van der Waals surface area contributed by atoms with Crippen LogP contribution in [0, 0.1) is 0 Å². The molecule has 0 fully saturated rings. The van der Waals surface area contributed by atoms with Gasteiger partial charge < -0.3 is 9.47 Å². The number of pyridine rings is 1. The Morgan fingerprint density at radius 1 is 0.697 bits per heavy atom. The number of rotatable bonds is 18. The number of hydrogen-bond donors (Lipinski definition) is 0. The van der Waals surface area contributed by atoms with Crippen LogP contribution in [-0.2, 0) is 6.42 Å². The number of esters is 1.